The fraction of sp³-hybridized carbons (Fsp3) is 0.607. The van der Waals surface area contributed by atoms with E-state index in [1.807, 2.05) is 10.3 Å². The maximum atomic E-state index is 13.1. The minimum absolute atomic E-state index is 0.0337. The van der Waals surface area contributed by atoms with Crippen LogP contribution >= 0.6 is 11.3 Å². The summed E-state index contributed by atoms with van der Waals surface area (Å²) in [6, 6.07) is 8.65. The Bertz CT molecular complexity index is 1050. The van der Waals surface area contributed by atoms with Gasteiger partial charge >= 0.3 is 0 Å². The van der Waals surface area contributed by atoms with Crippen molar-refractivity contribution in [2.75, 3.05) is 52.5 Å². The van der Waals surface area contributed by atoms with Gasteiger partial charge < -0.3 is 25.0 Å². The van der Waals surface area contributed by atoms with Crippen LogP contribution in [-0.4, -0.2) is 84.7 Å². The molecule has 1 aromatic heterocycles. The van der Waals surface area contributed by atoms with Gasteiger partial charge in [0.2, 0.25) is 5.91 Å². The molecular weight excluding hydrogens is 488 g/mol. The molecule has 0 radical (unpaired) electrons. The van der Waals surface area contributed by atoms with Gasteiger partial charge in [-0.05, 0) is 36.8 Å². The van der Waals surface area contributed by atoms with E-state index < -0.39 is 0 Å². The van der Waals surface area contributed by atoms with E-state index in [1.165, 1.54) is 11.1 Å². The average molecular weight is 529 g/mol. The number of amides is 2. The maximum Gasteiger partial charge on any atom is 0.273 e. The van der Waals surface area contributed by atoms with Gasteiger partial charge in [-0.1, -0.05) is 38.1 Å². The molecule has 2 aromatic rings. The fourth-order valence-electron chi connectivity index (χ4n) is 5.01. The number of hydrogen-bond acceptors (Lipinski definition) is 7. The maximum absolute atomic E-state index is 13.1. The lowest BCUT2D eigenvalue weighted by Gasteiger charge is -2.47. The highest BCUT2D eigenvalue weighted by Crippen LogP contribution is 2.31. The Hall–Kier alpha value is -2.33. The normalized spacial score (nSPS) is 18.0. The highest BCUT2D eigenvalue weighted by atomic mass is 32.1. The molecule has 4 rings (SSSR count). The zero-order chi connectivity index (χ0) is 26.3. The molecule has 9 heteroatoms. The molecule has 2 saturated heterocycles. The molecule has 2 aliphatic rings. The molecule has 0 atom stereocenters. The van der Waals surface area contributed by atoms with Crippen molar-refractivity contribution in [2.24, 2.45) is 5.73 Å². The van der Waals surface area contributed by atoms with E-state index in [0.29, 0.717) is 44.5 Å². The van der Waals surface area contributed by atoms with Gasteiger partial charge in [-0.2, -0.15) is 0 Å². The second-order valence-electron chi connectivity index (χ2n) is 10.5. The van der Waals surface area contributed by atoms with Gasteiger partial charge in [0, 0.05) is 43.9 Å². The Morgan fingerprint density at radius 3 is 2.62 bits per heavy atom. The van der Waals surface area contributed by atoms with Crippen LogP contribution < -0.4 is 5.73 Å². The van der Waals surface area contributed by atoms with Gasteiger partial charge in [0.05, 0.1) is 37.0 Å². The number of primary amides is 1. The summed E-state index contributed by atoms with van der Waals surface area (Å²) in [6.45, 7) is 10.0. The first-order valence-corrected chi connectivity index (χ1v) is 14.3. The van der Waals surface area contributed by atoms with Gasteiger partial charge in [0.25, 0.3) is 5.91 Å². The number of carbonyl (C=O) groups excluding carboxylic acids is 2. The number of piperidine rings is 1. The van der Waals surface area contributed by atoms with Crippen molar-refractivity contribution >= 4 is 23.2 Å². The van der Waals surface area contributed by atoms with E-state index in [9.17, 15) is 9.59 Å². The topological polar surface area (TPSA) is 98.0 Å². The number of aromatic nitrogens is 1. The van der Waals surface area contributed by atoms with Crippen LogP contribution in [0.1, 0.15) is 65.7 Å². The predicted molar refractivity (Wildman–Crippen MR) is 145 cm³/mol. The number of ether oxygens (including phenoxy) is 2. The summed E-state index contributed by atoms with van der Waals surface area (Å²) in [5, 5.41) is 2.91. The van der Waals surface area contributed by atoms with Crippen LogP contribution in [0, 0.1) is 0 Å². The quantitative estimate of drug-likeness (QED) is 0.450. The highest BCUT2D eigenvalue weighted by Gasteiger charge is 2.41. The molecule has 0 aliphatic carbocycles. The summed E-state index contributed by atoms with van der Waals surface area (Å²) in [7, 11) is 0. The summed E-state index contributed by atoms with van der Waals surface area (Å²) in [5.74, 6) is 0.0386. The van der Waals surface area contributed by atoms with Gasteiger partial charge in [0.1, 0.15) is 5.69 Å². The second-order valence-corrected chi connectivity index (χ2v) is 11.4. The number of nitrogens with two attached hydrogens (primary N) is 1. The number of thiazole rings is 1. The molecular formula is C28H40N4O4S. The SMILES string of the molecule is CC(C)c1nc(C(=O)N2CCOC3(CCN(CCc4cccc(CCOCCC(N)=O)c4)CC3)C2)cs1. The standard InChI is InChI=1S/C28H40N4O4S/c1-21(2)26-30-24(19-37-26)27(34)32-14-17-36-28(20-32)9-12-31(13-10-28)11-6-22-4-3-5-23(18-22)7-15-35-16-8-25(29)33/h3-5,18-19,21H,6-17,20H2,1-2H3,(H2,29,33). The molecule has 0 unspecified atom stereocenters. The molecule has 0 saturated carbocycles. The molecule has 2 amide bonds. The Balaban J connectivity index is 1.22. The van der Waals surface area contributed by atoms with Gasteiger partial charge in [-0.15, -0.1) is 11.3 Å². The zero-order valence-electron chi connectivity index (χ0n) is 22.1. The van der Waals surface area contributed by atoms with Crippen molar-refractivity contribution in [3.05, 3.63) is 51.5 Å². The highest BCUT2D eigenvalue weighted by molar-refractivity contribution is 7.09. The Morgan fingerprint density at radius 2 is 1.92 bits per heavy atom. The third-order valence-corrected chi connectivity index (χ3v) is 8.42. The number of likely N-dealkylation sites (tertiary alicyclic amines) is 1. The largest absolute Gasteiger partial charge is 0.381 e. The van der Waals surface area contributed by atoms with Crippen LogP contribution in [0.5, 0.6) is 0 Å². The lowest BCUT2D eigenvalue weighted by Crippen LogP contribution is -2.58. The first-order valence-electron chi connectivity index (χ1n) is 13.4. The summed E-state index contributed by atoms with van der Waals surface area (Å²) in [5.41, 5.74) is 8.04. The zero-order valence-corrected chi connectivity index (χ0v) is 22.9. The summed E-state index contributed by atoms with van der Waals surface area (Å²) < 4.78 is 11.8. The van der Waals surface area contributed by atoms with Crippen LogP contribution in [0.4, 0.5) is 0 Å². The van der Waals surface area contributed by atoms with Gasteiger partial charge in [-0.25, -0.2) is 4.98 Å². The van der Waals surface area contributed by atoms with E-state index in [4.69, 9.17) is 15.2 Å². The molecule has 202 valence electrons. The van der Waals surface area contributed by atoms with E-state index in [1.54, 1.807) is 11.3 Å². The van der Waals surface area contributed by atoms with E-state index in [2.05, 4.69) is 48.0 Å². The minimum atomic E-state index is -0.331. The third kappa shape index (κ3) is 7.83. The van der Waals surface area contributed by atoms with E-state index in [0.717, 1.165) is 50.3 Å². The first kappa shape index (κ1) is 27.7. The third-order valence-electron chi connectivity index (χ3n) is 7.27. The number of carbonyl (C=O) groups is 2. The summed E-state index contributed by atoms with van der Waals surface area (Å²) in [4.78, 5) is 32.9. The van der Waals surface area contributed by atoms with Crippen molar-refractivity contribution < 1.29 is 19.1 Å². The molecule has 2 fully saturated rings. The van der Waals surface area contributed by atoms with Crippen molar-refractivity contribution in [1.29, 1.82) is 0 Å². The van der Waals surface area contributed by atoms with E-state index >= 15 is 0 Å². The smallest absolute Gasteiger partial charge is 0.273 e. The first-order chi connectivity index (χ1) is 17.8. The average Bonchev–Trinajstić information content (AvgIpc) is 3.39. The molecule has 2 N–H and O–H groups in total. The van der Waals surface area contributed by atoms with Gasteiger partial charge in [-0.3, -0.25) is 9.59 Å². The second kappa shape index (κ2) is 13.0. The molecule has 1 spiro atoms. The van der Waals surface area contributed by atoms with Crippen molar-refractivity contribution in [3.8, 4) is 0 Å². The number of hydrogen-bond donors (Lipinski definition) is 1. The lowest BCUT2D eigenvalue weighted by atomic mass is 9.89. The fourth-order valence-corrected chi connectivity index (χ4v) is 5.82. The molecule has 1 aromatic carbocycles. The lowest BCUT2D eigenvalue weighted by molar-refractivity contribution is -0.127. The molecule has 8 nitrogen and oxygen atoms in total. The number of rotatable bonds is 11. The van der Waals surface area contributed by atoms with Crippen molar-refractivity contribution in [1.82, 2.24) is 14.8 Å². The van der Waals surface area contributed by atoms with Crippen LogP contribution in [-0.2, 0) is 27.1 Å². The van der Waals surface area contributed by atoms with Crippen molar-refractivity contribution in [3.63, 3.8) is 0 Å². The summed E-state index contributed by atoms with van der Waals surface area (Å²) >= 11 is 1.57. The molecule has 0 bridgehead atoms. The number of morpholine rings is 1. The molecule has 3 heterocycles. The van der Waals surface area contributed by atoms with Crippen LogP contribution in [0.15, 0.2) is 29.6 Å². The predicted octanol–water partition coefficient (Wildman–Crippen LogP) is 3.25. The summed E-state index contributed by atoms with van der Waals surface area (Å²) in [6.07, 6.45) is 3.96. The van der Waals surface area contributed by atoms with Crippen molar-refractivity contribution in [2.45, 2.75) is 57.5 Å². The van der Waals surface area contributed by atoms with Crippen LogP contribution in [0.25, 0.3) is 0 Å². The molecule has 37 heavy (non-hydrogen) atoms. The Labute approximate surface area is 224 Å². The Kier molecular flexibility index (Phi) is 9.70. The monoisotopic (exact) mass is 528 g/mol. The Morgan fingerprint density at radius 1 is 1.16 bits per heavy atom. The molecule has 2 aliphatic heterocycles. The number of benzene rings is 1. The minimum Gasteiger partial charge on any atom is -0.381 e. The number of nitrogens with zero attached hydrogens (tertiary/aromatic N) is 3. The van der Waals surface area contributed by atoms with Crippen LogP contribution in [0.2, 0.25) is 0 Å². The van der Waals surface area contributed by atoms with Crippen LogP contribution in [0.3, 0.4) is 0 Å². The van der Waals surface area contributed by atoms with E-state index in [-0.39, 0.29) is 23.8 Å². The van der Waals surface area contributed by atoms with Gasteiger partial charge in [0.15, 0.2) is 0 Å².